The summed E-state index contributed by atoms with van der Waals surface area (Å²) in [5, 5.41) is 7.26. The Bertz CT molecular complexity index is 1090. The van der Waals surface area contributed by atoms with E-state index in [0.29, 0.717) is 18.0 Å². The Morgan fingerprint density at radius 3 is 2.47 bits per heavy atom. The van der Waals surface area contributed by atoms with E-state index >= 15 is 0 Å². The van der Waals surface area contributed by atoms with Crippen LogP contribution in [-0.2, 0) is 18.3 Å². The van der Waals surface area contributed by atoms with E-state index in [0.717, 1.165) is 31.2 Å². The van der Waals surface area contributed by atoms with Crippen LogP contribution in [0.1, 0.15) is 77.7 Å². The minimum Gasteiger partial charge on any atom is -0.355 e. The highest BCUT2D eigenvalue weighted by Crippen LogP contribution is 2.39. The molecule has 0 bridgehead atoms. The van der Waals surface area contributed by atoms with Crippen LogP contribution < -0.4 is 5.32 Å². The van der Waals surface area contributed by atoms with Crippen LogP contribution in [0.15, 0.2) is 53.1 Å². The lowest BCUT2D eigenvalue weighted by Crippen LogP contribution is -2.42. The molecule has 0 spiro atoms. The monoisotopic (exact) mass is 428 g/mol. The van der Waals surface area contributed by atoms with Gasteiger partial charge in [-0.2, -0.15) is 0 Å². The number of nitrogens with zero attached hydrogens (tertiary/aromatic N) is 1. The molecule has 1 saturated carbocycles. The van der Waals surface area contributed by atoms with Gasteiger partial charge in [-0.05, 0) is 68.2 Å². The highest BCUT2D eigenvalue weighted by atomic mass is 16.5. The number of rotatable bonds is 5. The summed E-state index contributed by atoms with van der Waals surface area (Å²) in [6.07, 6.45) is 10.7. The maximum atomic E-state index is 13.0. The van der Waals surface area contributed by atoms with Gasteiger partial charge in [-0.3, -0.25) is 4.79 Å². The van der Waals surface area contributed by atoms with Crippen LogP contribution in [0, 0.1) is 6.92 Å². The highest BCUT2D eigenvalue weighted by molar-refractivity contribution is 5.93. The molecule has 0 atom stereocenters. The van der Waals surface area contributed by atoms with E-state index in [4.69, 9.17) is 4.52 Å². The number of aromatic nitrogens is 1. The largest absolute Gasteiger partial charge is 0.355 e. The van der Waals surface area contributed by atoms with Crippen molar-refractivity contribution in [1.29, 1.82) is 0 Å². The molecule has 5 rings (SSSR count). The molecule has 0 radical (unpaired) electrons. The molecular formula is C28H32N2O2. The Labute approximate surface area is 190 Å². The van der Waals surface area contributed by atoms with Crippen LogP contribution in [-0.4, -0.2) is 17.6 Å². The Kier molecular flexibility index (Phi) is 5.86. The number of hydrogen-bond acceptors (Lipinski definition) is 3. The molecule has 3 aromatic rings. The summed E-state index contributed by atoms with van der Waals surface area (Å²) in [7, 11) is 0. The lowest BCUT2D eigenvalue weighted by atomic mass is 9.69. The van der Waals surface area contributed by atoms with Crippen molar-refractivity contribution in [3.05, 3.63) is 76.5 Å². The third-order valence-electron chi connectivity index (χ3n) is 7.44. The first-order chi connectivity index (χ1) is 15.6. The predicted molar refractivity (Wildman–Crippen MR) is 127 cm³/mol. The summed E-state index contributed by atoms with van der Waals surface area (Å²) < 4.78 is 5.57. The molecule has 166 valence electrons. The molecule has 1 heterocycles. The third-order valence-corrected chi connectivity index (χ3v) is 7.44. The van der Waals surface area contributed by atoms with Gasteiger partial charge in [-0.1, -0.05) is 66.4 Å². The van der Waals surface area contributed by atoms with Crippen molar-refractivity contribution < 1.29 is 9.32 Å². The number of nitrogens with one attached hydrogen (secondary N) is 1. The first-order valence-electron chi connectivity index (χ1n) is 12.1. The van der Waals surface area contributed by atoms with Gasteiger partial charge in [0.1, 0.15) is 0 Å². The van der Waals surface area contributed by atoms with Gasteiger partial charge in [0.2, 0.25) is 0 Å². The predicted octanol–water partition coefficient (Wildman–Crippen LogP) is 6.16. The zero-order chi connectivity index (χ0) is 22.0. The minimum atomic E-state index is -0.157. The molecule has 2 aromatic carbocycles. The first-order valence-corrected chi connectivity index (χ1v) is 12.1. The summed E-state index contributed by atoms with van der Waals surface area (Å²) in [6.45, 7) is 2.75. The van der Waals surface area contributed by atoms with Gasteiger partial charge in [-0.25, -0.2) is 0 Å². The van der Waals surface area contributed by atoms with Crippen molar-refractivity contribution in [3.63, 3.8) is 0 Å². The van der Waals surface area contributed by atoms with E-state index in [9.17, 15) is 4.79 Å². The van der Waals surface area contributed by atoms with E-state index < -0.39 is 0 Å². The second-order valence-corrected chi connectivity index (χ2v) is 9.66. The van der Waals surface area contributed by atoms with E-state index in [-0.39, 0.29) is 11.3 Å². The average molecular weight is 429 g/mol. The molecule has 0 aliphatic heterocycles. The fraction of sp³-hybridized carbons (Fsp3) is 0.429. The van der Waals surface area contributed by atoms with Crippen molar-refractivity contribution in [2.45, 2.75) is 70.1 Å². The smallest absolute Gasteiger partial charge is 0.273 e. The van der Waals surface area contributed by atoms with Crippen LogP contribution in [0.3, 0.4) is 0 Å². The van der Waals surface area contributed by atoms with Gasteiger partial charge in [0, 0.05) is 23.6 Å². The topological polar surface area (TPSA) is 55.1 Å². The maximum absolute atomic E-state index is 13.0. The highest BCUT2D eigenvalue weighted by Gasteiger charge is 2.34. The third kappa shape index (κ3) is 4.23. The molecule has 32 heavy (non-hydrogen) atoms. The fourth-order valence-electron chi connectivity index (χ4n) is 5.45. The molecular weight excluding hydrogens is 396 g/mol. The van der Waals surface area contributed by atoms with Crippen molar-refractivity contribution >= 4 is 5.91 Å². The number of hydrogen-bond donors (Lipinski definition) is 1. The molecule has 1 amide bonds. The Hall–Kier alpha value is -2.88. The Balaban J connectivity index is 1.31. The molecule has 1 aromatic heterocycles. The first kappa shape index (κ1) is 21.0. The molecule has 0 unspecified atom stereocenters. The standard InChI is InChI=1S/C28H32N2O2/c1-20-9-13-24(14-10-20)28(15-5-2-6-16-28)19-29-27(31)25-18-26(32-30-25)23-12-11-21-7-3-4-8-22(21)17-23/h9-14,17-18H,2-8,15-16,19H2,1H3,(H,29,31). The molecule has 2 aliphatic carbocycles. The van der Waals surface area contributed by atoms with Gasteiger partial charge in [-0.15, -0.1) is 0 Å². The number of benzene rings is 2. The molecule has 1 fully saturated rings. The van der Waals surface area contributed by atoms with Crippen LogP contribution >= 0.6 is 0 Å². The Morgan fingerprint density at radius 1 is 0.938 bits per heavy atom. The van der Waals surface area contributed by atoms with E-state index in [2.05, 4.69) is 59.9 Å². The van der Waals surface area contributed by atoms with Gasteiger partial charge in [0.05, 0.1) is 0 Å². The quantitative estimate of drug-likeness (QED) is 0.529. The van der Waals surface area contributed by atoms with Gasteiger partial charge < -0.3 is 9.84 Å². The zero-order valence-electron chi connectivity index (χ0n) is 19.0. The van der Waals surface area contributed by atoms with E-state index in [1.807, 2.05) is 0 Å². The molecule has 1 N–H and O–H groups in total. The fourth-order valence-corrected chi connectivity index (χ4v) is 5.45. The van der Waals surface area contributed by atoms with Crippen LogP contribution in [0.5, 0.6) is 0 Å². The van der Waals surface area contributed by atoms with Crippen LogP contribution in [0.2, 0.25) is 0 Å². The summed E-state index contributed by atoms with van der Waals surface area (Å²) in [4.78, 5) is 13.0. The number of aryl methyl sites for hydroxylation is 3. The summed E-state index contributed by atoms with van der Waals surface area (Å²) in [6, 6.07) is 17.1. The second-order valence-electron chi connectivity index (χ2n) is 9.66. The Morgan fingerprint density at radius 2 is 1.69 bits per heavy atom. The minimum absolute atomic E-state index is 0.00662. The number of carbonyl (C=O) groups excluding carboxylic acids is 1. The SMILES string of the molecule is Cc1ccc(C2(CNC(=O)c3cc(-c4ccc5c(c4)CCCC5)on3)CCCCC2)cc1. The van der Waals surface area contributed by atoms with Gasteiger partial charge in [0.25, 0.3) is 5.91 Å². The lowest BCUT2D eigenvalue weighted by Gasteiger charge is -2.38. The molecule has 0 saturated heterocycles. The van der Waals surface area contributed by atoms with Gasteiger partial charge in [0.15, 0.2) is 11.5 Å². The summed E-state index contributed by atoms with van der Waals surface area (Å²) >= 11 is 0. The molecule has 2 aliphatic rings. The average Bonchev–Trinajstić information content (AvgIpc) is 3.34. The van der Waals surface area contributed by atoms with Crippen molar-refractivity contribution in [1.82, 2.24) is 10.5 Å². The lowest BCUT2D eigenvalue weighted by molar-refractivity contribution is 0.0927. The normalized spacial score (nSPS) is 17.5. The number of amides is 1. The molecule has 4 heteroatoms. The van der Waals surface area contributed by atoms with Crippen LogP contribution in [0.25, 0.3) is 11.3 Å². The number of carbonyl (C=O) groups is 1. The summed E-state index contributed by atoms with van der Waals surface area (Å²) in [5.74, 6) is 0.504. The van der Waals surface area contributed by atoms with Crippen LogP contribution in [0.4, 0.5) is 0 Å². The summed E-state index contributed by atoms with van der Waals surface area (Å²) in [5.41, 5.74) is 6.79. The maximum Gasteiger partial charge on any atom is 0.273 e. The molecule has 4 nitrogen and oxygen atoms in total. The van der Waals surface area contributed by atoms with Crippen molar-refractivity contribution in [2.24, 2.45) is 0 Å². The number of fused-ring (bicyclic) bond motifs is 1. The second kappa shape index (κ2) is 8.93. The van der Waals surface area contributed by atoms with E-state index in [1.54, 1.807) is 6.07 Å². The van der Waals surface area contributed by atoms with E-state index in [1.165, 1.54) is 54.4 Å². The van der Waals surface area contributed by atoms with Crippen molar-refractivity contribution in [3.8, 4) is 11.3 Å². The van der Waals surface area contributed by atoms with Crippen molar-refractivity contribution in [2.75, 3.05) is 6.54 Å². The zero-order valence-corrected chi connectivity index (χ0v) is 19.0. The van der Waals surface area contributed by atoms with Gasteiger partial charge >= 0.3 is 0 Å².